The molecule has 0 spiro atoms. The maximum absolute atomic E-state index is 12.5. The zero-order valence-corrected chi connectivity index (χ0v) is 12.7. The molecular formula is C18H18N4O. The Hall–Kier alpha value is -2.82. The molecule has 0 bridgehead atoms. The molecule has 1 N–H and O–H groups in total. The van der Waals surface area contributed by atoms with Gasteiger partial charge in [-0.25, -0.2) is 4.98 Å². The predicted octanol–water partition coefficient (Wildman–Crippen LogP) is 2.42. The van der Waals surface area contributed by atoms with E-state index >= 15 is 0 Å². The van der Waals surface area contributed by atoms with E-state index in [9.17, 15) is 4.79 Å². The average Bonchev–Trinajstić information content (AvgIpc) is 3.26. The van der Waals surface area contributed by atoms with Gasteiger partial charge in [0.15, 0.2) is 0 Å². The second kappa shape index (κ2) is 5.76. The molecule has 116 valence electrons. The van der Waals surface area contributed by atoms with Crippen molar-refractivity contribution in [3.63, 3.8) is 0 Å². The number of imidazole rings is 1. The monoisotopic (exact) mass is 306 g/mol. The van der Waals surface area contributed by atoms with Gasteiger partial charge in [0, 0.05) is 55.0 Å². The van der Waals surface area contributed by atoms with Crippen molar-refractivity contribution in [2.45, 2.75) is 25.4 Å². The number of aromatic nitrogens is 3. The summed E-state index contributed by atoms with van der Waals surface area (Å²) in [5.41, 5.74) is 1.68. The number of nitrogens with one attached hydrogen (secondary N) is 1. The van der Waals surface area contributed by atoms with Crippen LogP contribution in [0.25, 0.3) is 5.69 Å². The minimum Gasteiger partial charge on any atom is -0.347 e. The molecule has 0 saturated carbocycles. The smallest absolute Gasteiger partial charge is 0.251 e. The summed E-state index contributed by atoms with van der Waals surface area (Å²) in [6, 6.07) is 11.8. The van der Waals surface area contributed by atoms with Gasteiger partial charge in [-0.1, -0.05) is 6.07 Å². The van der Waals surface area contributed by atoms with Crippen LogP contribution in [0.5, 0.6) is 0 Å². The Morgan fingerprint density at radius 2 is 2.04 bits per heavy atom. The fourth-order valence-electron chi connectivity index (χ4n) is 3.07. The Morgan fingerprint density at radius 3 is 2.91 bits per heavy atom. The van der Waals surface area contributed by atoms with E-state index in [2.05, 4.69) is 14.9 Å². The molecule has 3 aromatic rings. The maximum Gasteiger partial charge on any atom is 0.251 e. The van der Waals surface area contributed by atoms with Crippen molar-refractivity contribution in [2.75, 3.05) is 0 Å². The Kier molecular flexibility index (Phi) is 3.46. The molecule has 1 atom stereocenters. The normalized spacial score (nSPS) is 16.8. The molecule has 3 heterocycles. The number of carbonyl (C=O) groups excluding carboxylic acids is 1. The van der Waals surface area contributed by atoms with Gasteiger partial charge in [0.05, 0.1) is 0 Å². The van der Waals surface area contributed by atoms with Gasteiger partial charge >= 0.3 is 0 Å². The molecule has 23 heavy (non-hydrogen) atoms. The number of amides is 1. The minimum absolute atomic E-state index is 0.0208. The van der Waals surface area contributed by atoms with Crippen molar-refractivity contribution in [1.29, 1.82) is 0 Å². The average molecular weight is 306 g/mol. The highest BCUT2D eigenvalue weighted by Gasteiger charge is 2.20. The van der Waals surface area contributed by atoms with Crippen LogP contribution in [-0.4, -0.2) is 26.1 Å². The first kappa shape index (κ1) is 13.8. The molecule has 0 unspecified atom stereocenters. The van der Waals surface area contributed by atoms with Gasteiger partial charge in [-0.05, 0) is 36.8 Å². The zero-order chi connectivity index (χ0) is 15.6. The van der Waals surface area contributed by atoms with Crippen LogP contribution in [0, 0.1) is 0 Å². The third-order valence-corrected chi connectivity index (χ3v) is 4.28. The van der Waals surface area contributed by atoms with E-state index in [4.69, 9.17) is 0 Å². The summed E-state index contributed by atoms with van der Waals surface area (Å²) < 4.78 is 4.11. The standard InChI is InChI=1S/C18H18N4O/c23-18(20-15-6-7-17-19-8-11-22(17)13-15)14-4-3-5-16(12-14)21-9-1-2-10-21/h1-5,8-12,15H,6-7,13H2,(H,20,23)/t15-/m1/s1. The summed E-state index contributed by atoms with van der Waals surface area (Å²) in [4.78, 5) is 16.9. The van der Waals surface area contributed by atoms with Crippen molar-refractivity contribution < 1.29 is 4.79 Å². The molecule has 1 aliphatic rings. The fourth-order valence-corrected chi connectivity index (χ4v) is 3.07. The molecule has 5 heteroatoms. The fraction of sp³-hybridized carbons (Fsp3) is 0.222. The summed E-state index contributed by atoms with van der Waals surface area (Å²) in [7, 11) is 0. The number of hydrogen-bond acceptors (Lipinski definition) is 2. The van der Waals surface area contributed by atoms with Gasteiger partial charge in [0.25, 0.3) is 5.91 Å². The highest BCUT2D eigenvalue weighted by atomic mass is 16.1. The van der Waals surface area contributed by atoms with Crippen LogP contribution < -0.4 is 5.32 Å². The third kappa shape index (κ3) is 2.77. The van der Waals surface area contributed by atoms with E-state index in [0.717, 1.165) is 30.9 Å². The summed E-state index contributed by atoms with van der Waals surface area (Å²) in [6.07, 6.45) is 9.57. The van der Waals surface area contributed by atoms with Gasteiger partial charge in [-0.3, -0.25) is 4.79 Å². The SMILES string of the molecule is O=C(N[C@@H]1CCc2nccn2C1)c1cccc(-n2cccc2)c1. The van der Waals surface area contributed by atoms with E-state index in [1.54, 1.807) is 0 Å². The Labute approximate surface area is 134 Å². The van der Waals surface area contributed by atoms with Crippen molar-refractivity contribution in [3.05, 3.63) is 72.6 Å². The molecule has 5 nitrogen and oxygen atoms in total. The number of carbonyl (C=O) groups is 1. The van der Waals surface area contributed by atoms with Gasteiger partial charge in [0.2, 0.25) is 0 Å². The maximum atomic E-state index is 12.5. The Bertz CT molecular complexity index is 819. The summed E-state index contributed by atoms with van der Waals surface area (Å²) in [5.74, 6) is 1.08. The van der Waals surface area contributed by atoms with E-state index in [-0.39, 0.29) is 11.9 Å². The molecule has 2 aromatic heterocycles. The molecule has 0 fully saturated rings. The zero-order valence-electron chi connectivity index (χ0n) is 12.7. The minimum atomic E-state index is -0.0208. The topological polar surface area (TPSA) is 51.9 Å². The van der Waals surface area contributed by atoms with Crippen LogP contribution >= 0.6 is 0 Å². The van der Waals surface area contributed by atoms with Crippen molar-refractivity contribution in [2.24, 2.45) is 0 Å². The van der Waals surface area contributed by atoms with Gasteiger partial charge in [-0.15, -0.1) is 0 Å². The largest absolute Gasteiger partial charge is 0.347 e. The van der Waals surface area contributed by atoms with Crippen LogP contribution in [0.1, 0.15) is 22.6 Å². The molecule has 0 aliphatic carbocycles. The Balaban J connectivity index is 1.49. The molecule has 1 amide bonds. The lowest BCUT2D eigenvalue weighted by Gasteiger charge is -2.24. The molecule has 1 aromatic carbocycles. The summed E-state index contributed by atoms with van der Waals surface area (Å²) in [6.45, 7) is 0.790. The lowest BCUT2D eigenvalue weighted by atomic mass is 10.1. The highest BCUT2D eigenvalue weighted by molar-refractivity contribution is 5.94. The molecule has 4 rings (SSSR count). The first-order valence-electron chi connectivity index (χ1n) is 7.84. The van der Waals surface area contributed by atoms with E-state index < -0.39 is 0 Å². The predicted molar refractivity (Wildman–Crippen MR) is 87.6 cm³/mol. The van der Waals surface area contributed by atoms with Crippen LogP contribution in [0.15, 0.2) is 61.2 Å². The van der Waals surface area contributed by atoms with Gasteiger partial charge in [0.1, 0.15) is 5.82 Å². The summed E-state index contributed by atoms with van der Waals surface area (Å²) in [5, 5.41) is 3.14. The molecule has 0 radical (unpaired) electrons. The van der Waals surface area contributed by atoms with Gasteiger partial charge in [-0.2, -0.15) is 0 Å². The lowest BCUT2D eigenvalue weighted by Crippen LogP contribution is -2.40. The van der Waals surface area contributed by atoms with Crippen molar-refractivity contribution in [3.8, 4) is 5.69 Å². The van der Waals surface area contributed by atoms with Crippen LogP contribution in [0.4, 0.5) is 0 Å². The second-order valence-corrected chi connectivity index (χ2v) is 5.85. The quantitative estimate of drug-likeness (QED) is 0.808. The van der Waals surface area contributed by atoms with Crippen molar-refractivity contribution >= 4 is 5.91 Å². The second-order valence-electron chi connectivity index (χ2n) is 5.85. The molecule has 0 saturated heterocycles. The molecular weight excluding hydrogens is 288 g/mol. The first-order chi connectivity index (χ1) is 11.3. The van der Waals surface area contributed by atoms with E-state index in [1.807, 2.05) is 65.8 Å². The molecule has 1 aliphatic heterocycles. The summed E-state index contributed by atoms with van der Waals surface area (Å²) >= 11 is 0. The number of benzene rings is 1. The van der Waals surface area contributed by atoms with Crippen LogP contribution in [-0.2, 0) is 13.0 Å². The number of nitrogens with zero attached hydrogens (tertiary/aromatic N) is 3. The number of fused-ring (bicyclic) bond motifs is 1. The highest BCUT2D eigenvalue weighted by Crippen LogP contribution is 2.15. The van der Waals surface area contributed by atoms with Gasteiger partial charge < -0.3 is 14.5 Å². The van der Waals surface area contributed by atoms with Crippen LogP contribution in [0.3, 0.4) is 0 Å². The number of rotatable bonds is 3. The number of hydrogen-bond donors (Lipinski definition) is 1. The van der Waals surface area contributed by atoms with Crippen molar-refractivity contribution in [1.82, 2.24) is 19.4 Å². The Morgan fingerprint density at radius 1 is 1.17 bits per heavy atom. The van der Waals surface area contributed by atoms with Crippen LogP contribution in [0.2, 0.25) is 0 Å². The van der Waals surface area contributed by atoms with E-state index in [1.165, 1.54) is 0 Å². The lowest BCUT2D eigenvalue weighted by molar-refractivity contribution is 0.0927. The first-order valence-corrected chi connectivity index (χ1v) is 7.84. The number of aryl methyl sites for hydroxylation is 1. The third-order valence-electron chi connectivity index (χ3n) is 4.28. The van der Waals surface area contributed by atoms with E-state index in [0.29, 0.717) is 5.56 Å².